The van der Waals surface area contributed by atoms with Crippen LogP contribution in [-0.4, -0.2) is 37.6 Å². The van der Waals surface area contributed by atoms with E-state index in [1.807, 2.05) is 32.2 Å². The Morgan fingerprint density at radius 1 is 1.38 bits per heavy atom. The fourth-order valence-electron chi connectivity index (χ4n) is 3.43. The zero-order chi connectivity index (χ0) is 16.7. The number of nitrogens with one attached hydrogen (secondary N) is 1. The summed E-state index contributed by atoms with van der Waals surface area (Å²) in [6.07, 6.45) is 4.81. The first-order chi connectivity index (χ1) is 11.6. The number of aryl methyl sites for hydroxylation is 1. The van der Waals surface area contributed by atoms with Crippen LogP contribution >= 0.6 is 0 Å². The molecular formula is C18H21N5O. The summed E-state index contributed by atoms with van der Waals surface area (Å²) in [5, 5.41) is 3.26. The van der Waals surface area contributed by atoms with Gasteiger partial charge in [-0.05, 0) is 38.4 Å². The van der Waals surface area contributed by atoms with Crippen molar-refractivity contribution < 1.29 is 0 Å². The predicted molar refractivity (Wildman–Crippen MR) is 92.2 cm³/mol. The topological polar surface area (TPSA) is 66.3 Å². The van der Waals surface area contributed by atoms with Crippen LogP contribution in [0.4, 0.5) is 0 Å². The van der Waals surface area contributed by atoms with Crippen molar-refractivity contribution in [2.75, 3.05) is 13.1 Å². The SMILES string of the molecule is Cc1nc2cc([C@@H]3CCN(Cc4cccnc4)C3)[nH]n2c(=O)c1C. The van der Waals surface area contributed by atoms with Crippen molar-refractivity contribution in [3.8, 4) is 0 Å². The van der Waals surface area contributed by atoms with Gasteiger partial charge in [0.2, 0.25) is 0 Å². The fourth-order valence-corrected chi connectivity index (χ4v) is 3.43. The second kappa shape index (κ2) is 5.87. The summed E-state index contributed by atoms with van der Waals surface area (Å²) >= 11 is 0. The maximum atomic E-state index is 12.4. The second-order valence-corrected chi connectivity index (χ2v) is 6.61. The van der Waals surface area contributed by atoms with E-state index in [0.29, 0.717) is 17.1 Å². The minimum absolute atomic E-state index is 0.00559. The minimum atomic E-state index is -0.00559. The first-order valence-electron chi connectivity index (χ1n) is 8.32. The van der Waals surface area contributed by atoms with Crippen LogP contribution < -0.4 is 5.56 Å². The molecule has 3 aromatic heterocycles. The molecule has 0 amide bonds. The molecule has 0 saturated carbocycles. The van der Waals surface area contributed by atoms with Crippen molar-refractivity contribution in [2.45, 2.75) is 32.7 Å². The fraction of sp³-hybridized carbons (Fsp3) is 0.389. The van der Waals surface area contributed by atoms with Gasteiger partial charge in [-0.2, -0.15) is 0 Å². The van der Waals surface area contributed by atoms with Crippen LogP contribution in [0.1, 0.15) is 34.9 Å². The molecule has 6 nitrogen and oxygen atoms in total. The lowest BCUT2D eigenvalue weighted by atomic mass is 10.1. The summed E-state index contributed by atoms with van der Waals surface area (Å²) in [5.74, 6) is 0.406. The van der Waals surface area contributed by atoms with Gasteiger partial charge in [0, 0.05) is 54.4 Å². The van der Waals surface area contributed by atoms with Crippen LogP contribution in [0.15, 0.2) is 35.4 Å². The number of H-pyrrole nitrogens is 1. The molecule has 0 bridgehead atoms. The van der Waals surface area contributed by atoms with Gasteiger partial charge < -0.3 is 0 Å². The molecule has 0 aliphatic carbocycles. The molecule has 24 heavy (non-hydrogen) atoms. The van der Waals surface area contributed by atoms with Gasteiger partial charge in [0.05, 0.1) is 0 Å². The molecule has 1 aliphatic rings. The van der Waals surface area contributed by atoms with E-state index in [-0.39, 0.29) is 5.56 Å². The Bertz CT molecular complexity index is 928. The van der Waals surface area contributed by atoms with Crippen LogP contribution in [-0.2, 0) is 6.54 Å². The third kappa shape index (κ3) is 2.63. The van der Waals surface area contributed by atoms with Gasteiger partial charge in [-0.1, -0.05) is 6.07 Å². The first-order valence-corrected chi connectivity index (χ1v) is 8.32. The van der Waals surface area contributed by atoms with Gasteiger partial charge in [0.15, 0.2) is 5.65 Å². The highest BCUT2D eigenvalue weighted by atomic mass is 16.1. The lowest BCUT2D eigenvalue weighted by Crippen LogP contribution is -2.20. The normalized spacial score (nSPS) is 18.5. The number of aromatic amines is 1. The standard InChI is InChI=1S/C18H21N5O/c1-12-13(2)20-17-8-16(21-23(17)18(12)24)15-5-7-22(11-15)10-14-4-3-6-19-9-14/h3-4,6,8-9,15,21H,5,7,10-11H2,1-2H3/t15-/m1/s1. The van der Waals surface area contributed by atoms with E-state index in [9.17, 15) is 4.79 Å². The maximum absolute atomic E-state index is 12.4. The monoisotopic (exact) mass is 323 g/mol. The highest BCUT2D eigenvalue weighted by Crippen LogP contribution is 2.27. The molecule has 0 radical (unpaired) electrons. The summed E-state index contributed by atoms with van der Waals surface area (Å²) in [6, 6.07) is 6.10. The molecule has 124 valence electrons. The first kappa shape index (κ1) is 15.1. The Hall–Kier alpha value is -2.47. The van der Waals surface area contributed by atoms with E-state index in [2.05, 4.69) is 26.0 Å². The van der Waals surface area contributed by atoms with Crippen molar-refractivity contribution >= 4 is 5.65 Å². The molecule has 3 aromatic rings. The van der Waals surface area contributed by atoms with Crippen LogP contribution in [0.5, 0.6) is 0 Å². The van der Waals surface area contributed by atoms with Gasteiger partial charge in [-0.15, -0.1) is 0 Å². The number of pyridine rings is 1. The predicted octanol–water partition coefficient (Wildman–Crippen LogP) is 2.02. The lowest BCUT2D eigenvalue weighted by Gasteiger charge is -2.15. The number of aromatic nitrogens is 4. The highest BCUT2D eigenvalue weighted by Gasteiger charge is 2.26. The number of likely N-dealkylation sites (tertiary alicyclic amines) is 1. The molecule has 4 rings (SSSR count). The van der Waals surface area contributed by atoms with E-state index in [4.69, 9.17) is 0 Å². The number of hydrogen-bond donors (Lipinski definition) is 1. The van der Waals surface area contributed by atoms with Gasteiger partial charge in [0.25, 0.3) is 5.56 Å². The molecular weight excluding hydrogens is 302 g/mol. The van der Waals surface area contributed by atoms with E-state index in [0.717, 1.165) is 37.4 Å². The second-order valence-electron chi connectivity index (χ2n) is 6.61. The summed E-state index contributed by atoms with van der Waals surface area (Å²) in [6.45, 7) is 6.65. The Kier molecular flexibility index (Phi) is 3.69. The lowest BCUT2D eigenvalue weighted by molar-refractivity contribution is 0.326. The van der Waals surface area contributed by atoms with Crippen molar-refractivity contribution in [1.29, 1.82) is 0 Å². The molecule has 1 saturated heterocycles. The molecule has 0 unspecified atom stereocenters. The van der Waals surface area contributed by atoms with Gasteiger partial charge in [0.1, 0.15) is 0 Å². The average molecular weight is 323 g/mol. The van der Waals surface area contributed by atoms with Gasteiger partial charge in [-0.3, -0.25) is 19.8 Å². The van der Waals surface area contributed by atoms with E-state index < -0.39 is 0 Å². The minimum Gasteiger partial charge on any atom is -0.298 e. The van der Waals surface area contributed by atoms with Crippen molar-refractivity contribution in [3.63, 3.8) is 0 Å². The van der Waals surface area contributed by atoms with Crippen molar-refractivity contribution in [3.05, 3.63) is 63.5 Å². The molecule has 0 aromatic carbocycles. The van der Waals surface area contributed by atoms with E-state index in [1.54, 1.807) is 10.7 Å². The highest BCUT2D eigenvalue weighted by molar-refractivity contribution is 5.42. The quantitative estimate of drug-likeness (QED) is 0.801. The third-order valence-electron chi connectivity index (χ3n) is 4.94. The molecule has 1 atom stereocenters. The van der Waals surface area contributed by atoms with Gasteiger partial charge >= 0.3 is 0 Å². The smallest absolute Gasteiger partial charge is 0.275 e. The molecule has 0 spiro atoms. The Labute approximate surface area is 140 Å². The molecule has 1 fully saturated rings. The molecule has 4 heterocycles. The zero-order valence-corrected chi connectivity index (χ0v) is 14.0. The third-order valence-corrected chi connectivity index (χ3v) is 4.94. The molecule has 1 N–H and O–H groups in total. The summed E-state index contributed by atoms with van der Waals surface area (Å²) in [4.78, 5) is 23.5. The summed E-state index contributed by atoms with van der Waals surface area (Å²) in [7, 11) is 0. The molecule has 6 heteroatoms. The average Bonchev–Trinajstić information content (AvgIpc) is 3.20. The zero-order valence-electron chi connectivity index (χ0n) is 14.0. The Morgan fingerprint density at radius 2 is 2.25 bits per heavy atom. The van der Waals surface area contributed by atoms with Crippen molar-refractivity contribution in [1.82, 2.24) is 24.5 Å². The Balaban J connectivity index is 1.56. The largest absolute Gasteiger partial charge is 0.298 e. The van der Waals surface area contributed by atoms with Crippen molar-refractivity contribution in [2.24, 2.45) is 0 Å². The number of nitrogens with zero attached hydrogens (tertiary/aromatic N) is 4. The summed E-state index contributed by atoms with van der Waals surface area (Å²) in [5.41, 5.74) is 4.54. The van der Waals surface area contributed by atoms with Gasteiger partial charge in [-0.25, -0.2) is 9.50 Å². The summed E-state index contributed by atoms with van der Waals surface area (Å²) < 4.78 is 1.57. The number of hydrogen-bond acceptors (Lipinski definition) is 4. The van der Waals surface area contributed by atoms with E-state index in [1.165, 1.54) is 5.56 Å². The van der Waals surface area contributed by atoms with Crippen LogP contribution in [0.25, 0.3) is 5.65 Å². The van der Waals surface area contributed by atoms with Crippen LogP contribution in [0, 0.1) is 13.8 Å². The Morgan fingerprint density at radius 3 is 3.04 bits per heavy atom. The van der Waals surface area contributed by atoms with Crippen LogP contribution in [0.3, 0.4) is 0 Å². The molecule has 1 aliphatic heterocycles. The van der Waals surface area contributed by atoms with Crippen LogP contribution in [0.2, 0.25) is 0 Å². The van der Waals surface area contributed by atoms with E-state index >= 15 is 0 Å². The number of rotatable bonds is 3. The number of fused-ring (bicyclic) bond motifs is 1. The maximum Gasteiger partial charge on any atom is 0.275 e.